The maximum absolute atomic E-state index is 13.5. The van der Waals surface area contributed by atoms with Gasteiger partial charge in [-0.15, -0.1) is 11.3 Å². The number of nitrogens with two attached hydrogens (primary N) is 1. The number of hydrogen-bond donors (Lipinski definition) is 1. The van der Waals surface area contributed by atoms with Crippen molar-refractivity contribution in [1.82, 2.24) is 4.98 Å². The molecule has 0 radical (unpaired) electrons. The number of halogens is 2. The summed E-state index contributed by atoms with van der Waals surface area (Å²) in [5.74, 6) is -0.307. The maximum atomic E-state index is 13.5. The van der Waals surface area contributed by atoms with Gasteiger partial charge in [0, 0.05) is 22.4 Å². The molecule has 1 aromatic heterocycles. The molecule has 0 aliphatic carbocycles. The lowest BCUT2D eigenvalue weighted by Gasteiger charge is -1.99. The molecule has 1 aromatic carbocycles. The smallest absolute Gasteiger partial charge is 0.133 e. The molecule has 0 atom stereocenters. The van der Waals surface area contributed by atoms with Crippen molar-refractivity contribution in [2.75, 3.05) is 6.54 Å². The van der Waals surface area contributed by atoms with Crippen molar-refractivity contribution in [3.8, 4) is 10.6 Å². The van der Waals surface area contributed by atoms with E-state index >= 15 is 0 Å². The van der Waals surface area contributed by atoms with E-state index in [1.165, 1.54) is 23.5 Å². The molecule has 0 spiro atoms. The molecule has 0 unspecified atom stereocenters. The lowest BCUT2D eigenvalue weighted by Crippen LogP contribution is -2.02. The van der Waals surface area contributed by atoms with Crippen LogP contribution in [0.2, 0.25) is 5.02 Å². The van der Waals surface area contributed by atoms with E-state index in [0.717, 1.165) is 5.69 Å². The molecule has 2 rings (SSSR count). The van der Waals surface area contributed by atoms with E-state index in [1.807, 2.05) is 5.38 Å². The van der Waals surface area contributed by atoms with Crippen LogP contribution in [0.15, 0.2) is 23.6 Å². The molecule has 0 bridgehead atoms. The Hall–Kier alpha value is -0.970. The van der Waals surface area contributed by atoms with E-state index in [4.69, 9.17) is 17.3 Å². The van der Waals surface area contributed by atoms with Gasteiger partial charge in [-0.1, -0.05) is 11.6 Å². The van der Waals surface area contributed by atoms with Crippen LogP contribution in [0.4, 0.5) is 4.39 Å². The highest BCUT2D eigenvalue weighted by atomic mass is 35.5. The molecule has 16 heavy (non-hydrogen) atoms. The van der Waals surface area contributed by atoms with Gasteiger partial charge in [0.05, 0.1) is 5.69 Å². The summed E-state index contributed by atoms with van der Waals surface area (Å²) >= 11 is 7.23. The average Bonchev–Trinajstić information content (AvgIpc) is 2.71. The highest BCUT2D eigenvalue weighted by Gasteiger charge is 2.10. The highest BCUT2D eigenvalue weighted by Crippen LogP contribution is 2.28. The Morgan fingerprint density at radius 2 is 2.25 bits per heavy atom. The van der Waals surface area contributed by atoms with E-state index < -0.39 is 0 Å². The topological polar surface area (TPSA) is 38.9 Å². The SMILES string of the molecule is NCCc1csc(-c2cc(Cl)ccc2F)n1. The minimum Gasteiger partial charge on any atom is -0.330 e. The molecule has 1 heterocycles. The Bertz CT molecular complexity index is 498. The predicted molar refractivity (Wildman–Crippen MR) is 65.3 cm³/mol. The Labute approximate surface area is 102 Å². The Balaban J connectivity index is 2.38. The largest absolute Gasteiger partial charge is 0.330 e. The van der Waals surface area contributed by atoms with E-state index in [1.54, 1.807) is 6.07 Å². The van der Waals surface area contributed by atoms with Crippen molar-refractivity contribution in [2.45, 2.75) is 6.42 Å². The van der Waals surface area contributed by atoms with Crippen molar-refractivity contribution < 1.29 is 4.39 Å². The lowest BCUT2D eigenvalue weighted by atomic mass is 10.2. The fourth-order valence-electron chi connectivity index (χ4n) is 1.35. The minimum atomic E-state index is -0.307. The molecular weight excluding hydrogens is 247 g/mol. The minimum absolute atomic E-state index is 0.307. The van der Waals surface area contributed by atoms with Crippen LogP contribution in [0, 0.1) is 5.82 Å². The van der Waals surface area contributed by atoms with Crippen LogP contribution in [0.1, 0.15) is 5.69 Å². The zero-order chi connectivity index (χ0) is 11.5. The summed E-state index contributed by atoms with van der Waals surface area (Å²) < 4.78 is 13.5. The second kappa shape index (κ2) is 4.91. The number of hydrogen-bond acceptors (Lipinski definition) is 3. The van der Waals surface area contributed by atoms with Crippen molar-refractivity contribution in [3.63, 3.8) is 0 Å². The van der Waals surface area contributed by atoms with Gasteiger partial charge in [-0.3, -0.25) is 0 Å². The molecule has 2 N–H and O–H groups in total. The molecule has 0 saturated heterocycles. The lowest BCUT2D eigenvalue weighted by molar-refractivity contribution is 0.631. The number of thiazole rings is 1. The average molecular weight is 257 g/mol. The second-order valence-corrected chi connectivity index (χ2v) is 4.60. The second-order valence-electron chi connectivity index (χ2n) is 3.31. The molecule has 0 amide bonds. The van der Waals surface area contributed by atoms with Crippen LogP contribution >= 0.6 is 22.9 Å². The molecule has 2 nitrogen and oxygen atoms in total. The molecule has 0 fully saturated rings. The van der Waals surface area contributed by atoms with Crippen LogP contribution < -0.4 is 5.73 Å². The summed E-state index contributed by atoms with van der Waals surface area (Å²) in [6.07, 6.45) is 0.707. The fourth-order valence-corrected chi connectivity index (χ4v) is 2.40. The quantitative estimate of drug-likeness (QED) is 0.917. The van der Waals surface area contributed by atoms with Gasteiger partial charge in [-0.05, 0) is 24.7 Å². The summed E-state index contributed by atoms with van der Waals surface area (Å²) in [7, 11) is 0. The van der Waals surface area contributed by atoms with Gasteiger partial charge in [0.25, 0.3) is 0 Å². The van der Waals surface area contributed by atoms with Gasteiger partial charge in [-0.25, -0.2) is 9.37 Å². The summed E-state index contributed by atoms with van der Waals surface area (Å²) in [5.41, 5.74) is 6.77. The first-order valence-electron chi connectivity index (χ1n) is 4.80. The zero-order valence-electron chi connectivity index (χ0n) is 8.41. The monoisotopic (exact) mass is 256 g/mol. The van der Waals surface area contributed by atoms with Gasteiger partial charge in [-0.2, -0.15) is 0 Å². The van der Waals surface area contributed by atoms with Gasteiger partial charge in [0.1, 0.15) is 10.8 Å². The van der Waals surface area contributed by atoms with E-state index in [-0.39, 0.29) is 5.82 Å². The van der Waals surface area contributed by atoms with Gasteiger partial charge in [0.2, 0.25) is 0 Å². The first-order valence-corrected chi connectivity index (χ1v) is 6.06. The fraction of sp³-hybridized carbons (Fsp3) is 0.182. The van der Waals surface area contributed by atoms with E-state index in [9.17, 15) is 4.39 Å². The van der Waals surface area contributed by atoms with Crippen LogP contribution in [-0.4, -0.2) is 11.5 Å². The summed E-state index contributed by atoms with van der Waals surface area (Å²) in [5, 5.41) is 3.04. The van der Waals surface area contributed by atoms with Crippen LogP contribution in [0.5, 0.6) is 0 Å². The number of benzene rings is 1. The first kappa shape index (κ1) is 11.5. The van der Waals surface area contributed by atoms with E-state index in [0.29, 0.717) is 28.6 Å². The molecule has 5 heteroatoms. The van der Waals surface area contributed by atoms with Crippen molar-refractivity contribution >= 4 is 22.9 Å². The summed E-state index contributed by atoms with van der Waals surface area (Å²) in [6.45, 7) is 0.543. The zero-order valence-corrected chi connectivity index (χ0v) is 9.98. The predicted octanol–water partition coefficient (Wildman–Crippen LogP) is 3.10. The molecule has 2 aromatic rings. The van der Waals surface area contributed by atoms with Crippen LogP contribution in [0.3, 0.4) is 0 Å². The molecule has 0 aliphatic heterocycles. The van der Waals surface area contributed by atoms with Crippen molar-refractivity contribution in [2.24, 2.45) is 5.73 Å². The normalized spacial score (nSPS) is 10.7. The van der Waals surface area contributed by atoms with Gasteiger partial charge < -0.3 is 5.73 Å². The van der Waals surface area contributed by atoms with Crippen LogP contribution in [-0.2, 0) is 6.42 Å². The first-order chi connectivity index (χ1) is 7.70. The molecular formula is C11H10ClFN2S. The molecule has 84 valence electrons. The Kier molecular flexibility index (Phi) is 3.53. The van der Waals surface area contributed by atoms with Crippen LogP contribution in [0.25, 0.3) is 10.6 Å². The van der Waals surface area contributed by atoms with Gasteiger partial charge >= 0.3 is 0 Å². The third kappa shape index (κ3) is 2.40. The Morgan fingerprint density at radius 3 is 3.00 bits per heavy atom. The maximum Gasteiger partial charge on any atom is 0.133 e. The van der Waals surface area contributed by atoms with Crippen molar-refractivity contribution in [1.29, 1.82) is 0 Å². The third-order valence-corrected chi connectivity index (χ3v) is 3.27. The summed E-state index contributed by atoms with van der Waals surface area (Å²) in [4.78, 5) is 4.31. The summed E-state index contributed by atoms with van der Waals surface area (Å²) in [6, 6.07) is 4.46. The Morgan fingerprint density at radius 1 is 1.44 bits per heavy atom. The molecule has 0 aliphatic rings. The third-order valence-electron chi connectivity index (χ3n) is 2.11. The van der Waals surface area contributed by atoms with Crippen molar-refractivity contribution in [3.05, 3.63) is 40.1 Å². The van der Waals surface area contributed by atoms with Gasteiger partial charge in [0.15, 0.2) is 0 Å². The standard InChI is InChI=1S/C11H10ClFN2S/c12-7-1-2-10(13)9(5-7)11-15-8(3-4-14)6-16-11/h1-2,5-6H,3-4,14H2. The number of nitrogens with zero attached hydrogens (tertiary/aromatic N) is 1. The molecule has 0 saturated carbocycles. The number of aromatic nitrogens is 1. The number of rotatable bonds is 3. The van der Waals surface area contributed by atoms with E-state index in [2.05, 4.69) is 4.98 Å². The highest BCUT2D eigenvalue weighted by molar-refractivity contribution is 7.13.